The van der Waals surface area contributed by atoms with Crippen molar-refractivity contribution in [2.75, 3.05) is 23.7 Å². The van der Waals surface area contributed by atoms with E-state index in [1.165, 1.54) is 17.4 Å². The van der Waals surface area contributed by atoms with Gasteiger partial charge in [-0.05, 0) is 58.9 Å². The lowest BCUT2D eigenvalue weighted by atomic mass is 10.1. The highest BCUT2D eigenvalue weighted by molar-refractivity contribution is 7.99. The van der Waals surface area contributed by atoms with Crippen LogP contribution in [0.2, 0.25) is 0 Å². The monoisotopic (exact) mass is 375 g/mol. The van der Waals surface area contributed by atoms with Gasteiger partial charge in [0.15, 0.2) is 11.0 Å². The first kappa shape index (κ1) is 20.3. The van der Waals surface area contributed by atoms with Crippen molar-refractivity contribution in [1.82, 2.24) is 20.1 Å². The topological polar surface area (TPSA) is 63.1 Å². The Morgan fingerprint density at radius 1 is 1.15 bits per heavy atom. The van der Waals surface area contributed by atoms with Crippen molar-refractivity contribution in [3.05, 3.63) is 24.3 Å². The predicted molar refractivity (Wildman–Crippen MR) is 109 cm³/mol. The Kier molecular flexibility index (Phi) is 6.69. The van der Waals surface area contributed by atoms with E-state index < -0.39 is 0 Å². The molecule has 6 nitrogen and oxygen atoms in total. The second-order valence-corrected chi connectivity index (χ2v) is 8.11. The summed E-state index contributed by atoms with van der Waals surface area (Å²) >= 11 is 1.40. The van der Waals surface area contributed by atoms with Crippen LogP contribution in [0.25, 0.3) is 11.4 Å². The van der Waals surface area contributed by atoms with Crippen molar-refractivity contribution in [3.8, 4) is 11.4 Å². The maximum Gasteiger partial charge on any atom is 0.230 e. The quantitative estimate of drug-likeness (QED) is 0.752. The summed E-state index contributed by atoms with van der Waals surface area (Å²) < 4.78 is 1.93. The molecule has 1 amide bonds. The number of carbonyl (C=O) groups excluding carboxylic acids is 1. The summed E-state index contributed by atoms with van der Waals surface area (Å²) in [6, 6.07) is 8.36. The van der Waals surface area contributed by atoms with E-state index in [1.807, 2.05) is 32.4 Å². The van der Waals surface area contributed by atoms with Gasteiger partial charge in [0, 0.05) is 36.9 Å². The second-order valence-electron chi connectivity index (χ2n) is 7.17. The molecule has 2 rings (SSSR count). The van der Waals surface area contributed by atoms with Crippen LogP contribution in [0.5, 0.6) is 0 Å². The average Bonchev–Trinajstić information content (AvgIpc) is 2.94. The van der Waals surface area contributed by atoms with E-state index in [2.05, 4.69) is 58.5 Å². The number of nitrogens with one attached hydrogen (secondary N) is 1. The summed E-state index contributed by atoms with van der Waals surface area (Å²) in [5.74, 6) is 1.12. The number of nitrogens with zero attached hydrogens (tertiary/aromatic N) is 4. The molecule has 0 fully saturated rings. The standard InChI is InChI=1S/C19H29N5OS/c1-7-24(8-2)15-11-9-14(10-12-15)17-21-22-18(23(17)6)26-13-16(25)20-19(3,4)5/h9-12H,7-8,13H2,1-6H3,(H,20,25). The largest absolute Gasteiger partial charge is 0.372 e. The Morgan fingerprint density at radius 3 is 2.31 bits per heavy atom. The number of hydrogen-bond acceptors (Lipinski definition) is 5. The first-order chi connectivity index (χ1) is 12.2. The molecule has 7 heteroatoms. The Labute approximate surface area is 160 Å². The van der Waals surface area contributed by atoms with Gasteiger partial charge in [-0.1, -0.05) is 11.8 Å². The molecular weight excluding hydrogens is 346 g/mol. The van der Waals surface area contributed by atoms with Gasteiger partial charge >= 0.3 is 0 Å². The number of hydrogen-bond donors (Lipinski definition) is 1. The van der Waals surface area contributed by atoms with Gasteiger partial charge in [0.1, 0.15) is 0 Å². The molecule has 0 bridgehead atoms. The number of amides is 1. The molecule has 26 heavy (non-hydrogen) atoms. The molecule has 0 unspecified atom stereocenters. The van der Waals surface area contributed by atoms with Crippen LogP contribution in [0.1, 0.15) is 34.6 Å². The maximum atomic E-state index is 12.0. The summed E-state index contributed by atoms with van der Waals surface area (Å²) in [5.41, 5.74) is 1.99. The first-order valence-corrected chi connectivity index (χ1v) is 9.92. The molecule has 0 aliphatic rings. The molecule has 2 aromatic rings. The minimum absolute atomic E-state index is 0.00405. The van der Waals surface area contributed by atoms with E-state index in [9.17, 15) is 4.79 Å². The van der Waals surface area contributed by atoms with Crippen molar-refractivity contribution >= 4 is 23.4 Å². The zero-order chi connectivity index (χ0) is 19.3. The van der Waals surface area contributed by atoms with Crippen molar-refractivity contribution < 1.29 is 4.79 Å². The summed E-state index contributed by atoms with van der Waals surface area (Å²) in [7, 11) is 1.93. The van der Waals surface area contributed by atoms with Gasteiger partial charge in [0.2, 0.25) is 5.91 Å². The van der Waals surface area contributed by atoms with Crippen LogP contribution in [0, 0.1) is 0 Å². The number of carbonyl (C=O) groups is 1. The Bertz CT molecular complexity index is 729. The van der Waals surface area contributed by atoms with Gasteiger partial charge in [0.25, 0.3) is 0 Å². The van der Waals surface area contributed by atoms with Crippen LogP contribution in [-0.4, -0.2) is 45.1 Å². The first-order valence-electron chi connectivity index (χ1n) is 8.93. The van der Waals surface area contributed by atoms with Gasteiger partial charge < -0.3 is 14.8 Å². The van der Waals surface area contributed by atoms with Crippen LogP contribution in [0.4, 0.5) is 5.69 Å². The number of anilines is 1. The molecule has 0 aliphatic heterocycles. The minimum Gasteiger partial charge on any atom is -0.372 e. The second kappa shape index (κ2) is 8.58. The highest BCUT2D eigenvalue weighted by atomic mass is 32.2. The van der Waals surface area contributed by atoms with Crippen molar-refractivity contribution in [3.63, 3.8) is 0 Å². The zero-order valence-corrected chi connectivity index (χ0v) is 17.4. The highest BCUT2D eigenvalue weighted by Gasteiger charge is 2.16. The minimum atomic E-state index is -0.227. The van der Waals surface area contributed by atoms with E-state index in [-0.39, 0.29) is 11.4 Å². The number of rotatable bonds is 7. The molecular formula is C19H29N5OS. The lowest BCUT2D eigenvalue weighted by Crippen LogP contribution is -2.41. The van der Waals surface area contributed by atoms with Crippen LogP contribution in [0.3, 0.4) is 0 Å². The lowest BCUT2D eigenvalue weighted by molar-refractivity contribution is -0.119. The fourth-order valence-electron chi connectivity index (χ4n) is 2.69. The third kappa shape index (κ3) is 5.24. The van der Waals surface area contributed by atoms with E-state index in [0.717, 1.165) is 29.6 Å². The summed E-state index contributed by atoms with van der Waals surface area (Å²) in [6.07, 6.45) is 0. The van der Waals surface area contributed by atoms with Crippen molar-refractivity contribution in [1.29, 1.82) is 0 Å². The van der Waals surface area contributed by atoms with Crippen LogP contribution in [-0.2, 0) is 11.8 Å². The summed E-state index contributed by atoms with van der Waals surface area (Å²) in [4.78, 5) is 14.3. The van der Waals surface area contributed by atoms with Gasteiger partial charge in [-0.2, -0.15) is 0 Å². The zero-order valence-electron chi connectivity index (χ0n) is 16.5. The van der Waals surface area contributed by atoms with Crippen LogP contribution in [0.15, 0.2) is 29.4 Å². The molecule has 0 spiro atoms. The third-order valence-corrected chi connectivity index (χ3v) is 4.96. The van der Waals surface area contributed by atoms with E-state index in [1.54, 1.807) is 0 Å². The summed E-state index contributed by atoms with van der Waals surface area (Å²) in [6.45, 7) is 12.2. The van der Waals surface area contributed by atoms with Crippen molar-refractivity contribution in [2.45, 2.75) is 45.3 Å². The molecule has 0 radical (unpaired) electrons. The molecule has 1 aromatic heterocycles. The summed E-state index contributed by atoms with van der Waals surface area (Å²) in [5, 5.41) is 12.2. The maximum absolute atomic E-state index is 12.0. The third-order valence-electron chi connectivity index (χ3n) is 3.94. The van der Waals surface area contributed by atoms with E-state index in [0.29, 0.717) is 5.75 Å². The van der Waals surface area contributed by atoms with E-state index in [4.69, 9.17) is 0 Å². The SMILES string of the molecule is CCN(CC)c1ccc(-c2nnc(SCC(=O)NC(C)(C)C)n2C)cc1. The average molecular weight is 376 g/mol. The highest BCUT2D eigenvalue weighted by Crippen LogP contribution is 2.25. The fraction of sp³-hybridized carbons (Fsp3) is 0.526. The Hall–Kier alpha value is -2.02. The molecule has 0 saturated carbocycles. The molecule has 1 heterocycles. The fourth-order valence-corrected chi connectivity index (χ4v) is 3.40. The number of benzene rings is 1. The van der Waals surface area contributed by atoms with Gasteiger partial charge in [-0.3, -0.25) is 4.79 Å². The Morgan fingerprint density at radius 2 is 1.77 bits per heavy atom. The van der Waals surface area contributed by atoms with Gasteiger partial charge in [-0.25, -0.2) is 0 Å². The molecule has 1 aromatic carbocycles. The lowest BCUT2D eigenvalue weighted by Gasteiger charge is -2.21. The van der Waals surface area contributed by atoms with Crippen molar-refractivity contribution in [2.24, 2.45) is 7.05 Å². The molecule has 0 aliphatic carbocycles. The smallest absolute Gasteiger partial charge is 0.230 e. The van der Waals surface area contributed by atoms with Gasteiger partial charge in [-0.15, -0.1) is 10.2 Å². The normalized spacial score (nSPS) is 11.5. The Balaban J connectivity index is 2.07. The van der Waals surface area contributed by atoms with Crippen LogP contribution < -0.4 is 10.2 Å². The molecule has 1 N–H and O–H groups in total. The predicted octanol–water partition coefficient (Wildman–Crippen LogP) is 3.34. The number of thioether (sulfide) groups is 1. The number of aromatic nitrogens is 3. The molecule has 0 saturated heterocycles. The molecule has 0 atom stereocenters. The van der Waals surface area contributed by atoms with E-state index >= 15 is 0 Å². The van der Waals surface area contributed by atoms with Gasteiger partial charge in [0.05, 0.1) is 5.75 Å². The van der Waals surface area contributed by atoms with Crippen LogP contribution >= 0.6 is 11.8 Å². The molecule has 142 valence electrons.